The molecule has 2 rings (SSSR count). The number of hydrogen-bond donors (Lipinski definition) is 0. The molecular formula is C29H49N2S+. The number of imidazole rings is 1. The van der Waals surface area contributed by atoms with E-state index in [0.717, 1.165) is 6.54 Å². The first kappa shape index (κ1) is 27.0. The molecule has 180 valence electrons. The lowest BCUT2D eigenvalue weighted by atomic mass is 10.1. The molecule has 0 fully saturated rings. The summed E-state index contributed by atoms with van der Waals surface area (Å²) in [7, 11) is 0. The summed E-state index contributed by atoms with van der Waals surface area (Å²) in [5, 5.41) is 0. The monoisotopic (exact) mass is 457 g/mol. The molecule has 0 atom stereocenters. The van der Waals surface area contributed by atoms with Gasteiger partial charge in [0, 0.05) is 5.75 Å². The van der Waals surface area contributed by atoms with Crippen LogP contribution < -0.4 is 4.57 Å². The minimum atomic E-state index is 1.13. The Morgan fingerprint density at radius 3 is 1.78 bits per heavy atom. The van der Waals surface area contributed by atoms with Gasteiger partial charge in [0.2, 0.25) is 0 Å². The van der Waals surface area contributed by atoms with E-state index in [-0.39, 0.29) is 0 Å². The van der Waals surface area contributed by atoms with Gasteiger partial charge in [-0.05, 0) is 31.4 Å². The lowest BCUT2D eigenvalue weighted by molar-refractivity contribution is -0.685. The minimum absolute atomic E-state index is 1.13. The Bertz CT molecular complexity index is 680. The predicted molar refractivity (Wildman–Crippen MR) is 143 cm³/mol. The SMILES string of the molecule is CCCCCCCCCCSn1cc[n+](CCCCCCCCCC)c1-c1ccccc1. The molecule has 3 heteroatoms. The molecule has 0 aliphatic rings. The molecule has 1 heterocycles. The fraction of sp³-hybridized carbons (Fsp3) is 0.690. The molecule has 1 aromatic carbocycles. The molecule has 2 aromatic rings. The van der Waals surface area contributed by atoms with Gasteiger partial charge in [0.15, 0.2) is 0 Å². The summed E-state index contributed by atoms with van der Waals surface area (Å²) in [6.07, 6.45) is 26.7. The van der Waals surface area contributed by atoms with Gasteiger partial charge in [-0.25, -0.2) is 4.57 Å². The van der Waals surface area contributed by atoms with Gasteiger partial charge in [-0.1, -0.05) is 116 Å². The number of nitrogens with zero attached hydrogens (tertiary/aromatic N) is 2. The maximum Gasteiger partial charge on any atom is 0.300 e. The third-order valence-electron chi connectivity index (χ3n) is 6.38. The van der Waals surface area contributed by atoms with Crippen molar-refractivity contribution in [2.45, 2.75) is 123 Å². The molecular weight excluding hydrogens is 408 g/mol. The van der Waals surface area contributed by atoms with Crippen LogP contribution in [0.15, 0.2) is 42.7 Å². The van der Waals surface area contributed by atoms with Crippen LogP contribution in [0, 0.1) is 0 Å². The van der Waals surface area contributed by atoms with Crippen molar-refractivity contribution in [3.63, 3.8) is 0 Å². The fourth-order valence-corrected chi connectivity index (χ4v) is 5.39. The lowest BCUT2D eigenvalue weighted by Gasteiger charge is -2.06. The van der Waals surface area contributed by atoms with Crippen molar-refractivity contribution in [2.75, 3.05) is 5.75 Å². The number of aryl methyl sites for hydroxylation is 1. The van der Waals surface area contributed by atoms with Crippen LogP contribution in [0.25, 0.3) is 11.4 Å². The van der Waals surface area contributed by atoms with Gasteiger partial charge in [0.1, 0.15) is 12.4 Å². The molecule has 0 spiro atoms. The number of aromatic nitrogens is 2. The quantitative estimate of drug-likeness (QED) is 0.142. The smallest absolute Gasteiger partial charge is 0.229 e. The van der Waals surface area contributed by atoms with Gasteiger partial charge >= 0.3 is 5.82 Å². The second kappa shape index (κ2) is 18.2. The average Bonchev–Trinajstić information content (AvgIpc) is 3.23. The van der Waals surface area contributed by atoms with Crippen molar-refractivity contribution in [1.29, 1.82) is 0 Å². The van der Waals surface area contributed by atoms with E-state index in [0.29, 0.717) is 0 Å². The molecule has 0 N–H and O–H groups in total. The topological polar surface area (TPSA) is 8.81 Å². The van der Waals surface area contributed by atoms with Crippen LogP contribution in [0.2, 0.25) is 0 Å². The third kappa shape index (κ3) is 11.1. The summed E-state index contributed by atoms with van der Waals surface area (Å²) in [6.45, 7) is 5.72. The van der Waals surface area contributed by atoms with Gasteiger partial charge in [-0.3, -0.25) is 0 Å². The summed E-state index contributed by atoms with van der Waals surface area (Å²) in [4.78, 5) is 0. The van der Waals surface area contributed by atoms with E-state index in [1.807, 2.05) is 11.9 Å². The number of hydrogen-bond acceptors (Lipinski definition) is 1. The molecule has 2 nitrogen and oxygen atoms in total. The molecule has 0 aliphatic carbocycles. The van der Waals surface area contributed by atoms with E-state index in [4.69, 9.17) is 0 Å². The Labute approximate surface area is 203 Å². The highest BCUT2D eigenvalue weighted by Crippen LogP contribution is 2.22. The lowest BCUT2D eigenvalue weighted by Crippen LogP contribution is -2.34. The molecule has 1 aromatic heterocycles. The van der Waals surface area contributed by atoms with Crippen molar-refractivity contribution in [3.8, 4) is 11.4 Å². The Hall–Kier alpha value is -1.22. The Morgan fingerprint density at radius 1 is 0.656 bits per heavy atom. The number of benzene rings is 1. The molecule has 32 heavy (non-hydrogen) atoms. The normalized spacial score (nSPS) is 11.3. The molecule has 0 unspecified atom stereocenters. The highest BCUT2D eigenvalue weighted by atomic mass is 32.2. The second-order valence-corrected chi connectivity index (χ2v) is 10.3. The van der Waals surface area contributed by atoms with Crippen LogP contribution in [0.3, 0.4) is 0 Å². The van der Waals surface area contributed by atoms with Crippen LogP contribution in [0.5, 0.6) is 0 Å². The maximum absolute atomic E-state index is 2.48. The van der Waals surface area contributed by atoms with Gasteiger partial charge in [0.05, 0.1) is 24.1 Å². The fourth-order valence-electron chi connectivity index (χ4n) is 4.39. The molecule has 0 saturated carbocycles. The third-order valence-corrected chi connectivity index (χ3v) is 7.42. The summed E-state index contributed by atoms with van der Waals surface area (Å²) in [5.74, 6) is 2.57. The zero-order valence-electron chi connectivity index (χ0n) is 21.1. The number of unbranched alkanes of at least 4 members (excludes halogenated alkanes) is 14. The van der Waals surface area contributed by atoms with Crippen molar-refractivity contribution < 1.29 is 4.57 Å². The highest BCUT2D eigenvalue weighted by molar-refractivity contribution is 7.97. The van der Waals surface area contributed by atoms with Crippen molar-refractivity contribution in [3.05, 3.63) is 42.7 Å². The van der Waals surface area contributed by atoms with Gasteiger partial charge in [0.25, 0.3) is 0 Å². The first-order chi connectivity index (χ1) is 15.9. The Kier molecular flexibility index (Phi) is 15.4. The average molecular weight is 458 g/mol. The largest absolute Gasteiger partial charge is 0.300 e. The van der Waals surface area contributed by atoms with Crippen molar-refractivity contribution in [1.82, 2.24) is 3.97 Å². The van der Waals surface area contributed by atoms with Crippen LogP contribution >= 0.6 is 11.9 Å². The number of rotatable bonds is 20. The van der Waals surface area contributed by atoms with E-state index in [2.05, 4.69) is 65.1 Å². The van der Waals surface area contributed by atoms with Gasteiger partial charge < -0.3 is 0 Å². The van der Waals surface area contributed by atoms with Crippen molar-refractivity contribution in [2.24, 2.45) is 0 Å². The van der Waals surface area contributed by atoms with Gasteiger partial charge in [-0.15, -0.1) is 0 Å². The van der Waals surface area contributed by atoms with Crippen LogP contribution in [-0.2, 0) is 6.54 Å². The van der Waals surface area contributed by atoms with E-state index in [1.165, 1.54) is 120 Å². The summed E-state index contributed by atoms with van der Waals surface area (Å²) < 4.78 is 4.90. The second-order valence-electron chi connectivity index (χ2n) is 9.29. The molecule has 0 aliphatic heterocycles. The molecule has 0 amide bonds. The van der Waals surface area contributed by atoms with Crippen molar-refractivity contribution >= 4 is 11.9 Å². The summed E-state index contributed by atoms with van der Waals surface area (Å²) in [6, 6.07) is 11.0. The van der Waals surface area contributed by atoms with E-state index >= 15 is 0 Å². The van der Waals surface area contributed by atoms with Crippen LogP contribution in [0.4, 0.5) is 0 Å². The highest BCUT2D eigenvalue weighted by Gasteiger charge is 2.19. The Morgan fingerprint density at radius 2 is 1.19 bits per heavy atom. The zero-order valence-corrected chi connectivity index (χ0v) is 21.9. The van der Waals surface area contributed by atoms with E-state index in [1.54, 1.807) is 0 Å². The first-order valence-electron chi connectivity index (χ1n) is 13.7. The molecule has 0 saturated heterocycles. The summed E-state index contributed by atoms with van der Waals surface area (Å²) in [5.41, 5.74) is 1.33. The minimum Gasteiger partial charge on any atom is -0.229 e. The summed E-state index contributed by atoms with van der Waals surface area (Å²) >= 11 is 1.99. The molecule has 0 bridgehead atoms. The standard InChI is InChI=1S/C29H49N2S/c1-3-5-7-9-11-13-15-20-24-30-25-26-31(29(30)28-22-18-17-19-23-28)32-27-21-16-14-12-10-8-6-4-2/h17-19,22-23,25-26H,3-16,20-21,24,27H2,1-2H3/q+1. The van der Waals surface area contributed by atoms with Crippen LogP contribution in [-0.4, -0.2) is 9.73 Å². The Balaban J connectivity index is 1.76. The van der Waals surface area contributed by atoms with Gasteiger partial charge in [-0.2, -0.15) is 3.97 Å². The first-order valence-corrected chi connectivity index (χ1v) is 14.6. The maximum atomic E-state index is 2.48. The van der Waals surface area contributed by atoms with E-state index in [9.17, 15) is 0 Å². The zero-order chi connectivity index (χ0) is 22.7. The molecule has 0 radical (unpaired) electrons. The van der Waals surface area contributed by atoms with E-state index < -0.39 is 0 Å². The van der Waals surface area contributed by atoms with Crippen LogP contribution in [0.1, 0.15) is 117 Å². The predicted octanol–water partition coefficient (Wildman–Crippen LogP) is 9.22.